The predicted molar refractivity (Wildman–Crippen MR) is 110 cm³/mol. The van der Waals surface area contributed by atoms with Crippen LogP contribution < -0.4 is 10.1 Å². The molecule has 7 heteroatoms. The SMILES string of the molecule is CC(C)=Nc1cc(C)c2c(Nc3cccnc3O[C@H]3CCOC3)ncnc2c1. The minimum atomic E-state index is 0.0250. The Morgan fingerprint density at radius 3 is 2.93 bits per heavy atom. The van der Waals surface area contributed by atoms with Crippen LogP contribution in [0.25, 0.3) is 10.9 Å². The summed E-state index contributed by atoms with van der Waals surface area (Å²) in [6.45, 7) is 7.30. The lowest BCUT2D eigenvalue weighted by molar-refractivity contribution is 0.138. The summed E-state index contributed by atoms with van der Waals surface area (Å²) in [6, 6.07) is 7.81. The smallest absolute Gasteiger partial charge is 0.238 e. The van der Waals surface area contributed by atoms with Crippen LogP contribution in [-0.4, -0.2) is 40.0 Å². The number of anilines is 2. The van der Waals surface area contributed by atoms with Gasteiger partial charge in [0, 0.05) is 23.7 Å². The van der Waals surface area contributed by atoms with E-state index in [9.17, 15) is 0 Å². The fraction of sp³-hybridized carbons (Fsp3) is 0.333. The third kappa shape index (κ3) is 3.94. The first kappa shape index (κ1) is 18.3. The number of ether oxygens (including phenoxy) is 2. The fourth-order valence-corrected chi connectivity index (χ4v) is 3.26. The van der Waals surface area contributed by atoms with Gasteiger partial charge >= 0.3 is 0 Å². The molecule has 7 nitrogen and oxygen atoms in total. The van der Waals surface area contributed by atoms with Crippen molar-refractivity contribution >= 4 is 33.8 Å². The number of aryl methyl sites for hydroxylation is 1. The van der Waals surface area contributed by atoms with E-state index in [2.05, 4.69) is 25.3 Å². The van der Waals surface area contributed by atoms with Gasteiger partial charge in [-0.1, -0.05) is 0 Å². The van der Waals surface area contributed by atoms with Crippen LogP contribution in [-0.2, 0) is 4.74 Å². The second-order valence-corrected chi connectivity index (χ2v) is 7.02. The summed E-state index contributed by atoms with van der Waals surface area (Å²) < 4.78 is 11.4. The lowest BCUT2D eigenvalue weighted by Gasteiger charge is -2.16. The molecule has 1 aliphatic rings. The molecular formula is C21H23N5O2. The molecule has 3 heterocycles. The molecule has 28 heavy (non-hydrogen) atoms. The van der Waals surface area contributed by atoms with Crippen molar-refractivity contribution in [3.8, 4) is 5.88 Å². The Morgan fingerprint density at radius 2 is 2.14 bits per heavy atom. The highest BCUT2D eigenvalue weighted by Crippen LogP contribution is 2.32. The maximum absolute atomic E-state index is 6.02. The molecule has 1 atom stereocenters. The van der Waals surface area contributed by atoms with Gasteiger partial charge in [-0.25, -0.2) is 15.0 Å². The number of benzene rings is 1. The van der Waals surface area contributed by atoms with Gasteiger partial charge < -0.3 is 14.8 Å². The lowest BCUT2D eigenvalue weighted by Crippen LogP contribution is -2.17. The molecule has 0 saturated carbocycles. The first-order chi connectivity index (χ1) is 13.6. The fourth-order valence-electron chi connectivity index (χ4n) is 3.26. The van der Waals surface area contributed by atoms with E-state index in [0.717, 1.165) is 46.6 Å². The number of fused-ring (bicyclic) bond motifs is 1. The Morgan fingerprint density at radius 1 is 1.25 bits per heavy atom. The molecule has 3 aromatic rings. The van der Waals surface area contributed by atoms with Gasteiger partial charge in [-0.15, -0.1) is 0 Å². The van der Waals surface area contributed by atoms with Crippen LogP contribution in [0.4, 0.5) is 17.2 Å². The van der Waals surface area contributed by atoms with Crippen LogP contribution in [0.3, 0.4) is 0 Å². The Kier molecular flexibility index (Phi) is 5.16. The standard InChI is InChI=1S/C21H23N5O2/c1-13(2)25-15-9-14(3)19-18(10-15)23-12-24-20(19)26-17-5-4-7-22-21(17)28-16-6-8-27-11-16/h4-5,7,9-10,12,16H,6,8,11H2,1-3H3,(H,23,24,26)/t16-/m0/s1. The van der Waals surface area contributed by atoms with Crippen molar-refractivity contribution in [2.45, 2.75) is 33.3 Å². The monoisotopic (exact) mass is 377 g/mol. The number of nitrogens with zero attached hydrogens (tertiary/aromatic N) is 4. The van der Waals surface area contributed by atoms with Gasteiger partial charge in [0.1, 0.15) is 23.9 Å². The summed E-state index contributed by atoms with van der Waals surface area (Å²) in [5.41, 5.74) is 4.55. The van der Waals surface area contributed by atoms with E-state index in [-0.39, 0.29) is 6.10 Å². The van der Waals surface area contributed by atoms with Crippen molar-refractivity contribution in [1.29, 1.82) is 0 Å². The zero-order chi connectivity index (χ0) is 19.5. The number of aliphatic imine (C=N–C) groups is 1. The molecule has 0 radical (unpaired) electrons. The second kappa shape index (κ2) is 7.90. The molecule has 144 valence electrons. The third-order valence-electron chi connectivity index (χ3n) is 4.46. The minimum Gasteiger partial charge on any atom is -0.470 e. The Hall–Kier alpha value is -3.06. The summed E-state index contributed by atoms with van der Waals surface area (Å²) in [5, 5.41) is 4.33. The van der Waals surface area contributed by atoms with E-state index in [0.29, 0.717) is 18.3 Å². The normalized spacial score (nSPS) is 16.2. The summed E-state index contributed by atoms with van der Waals surface area (Å²) in [7, 11) is 0. The Bertz CT molecular complexity index is 1020. The quantitative estimate of drug-likeness (QED) is 0.666. The maximum atomic E-state index is 6.02. The molecule has 2 aromatic heterocycles. The van der Waals surface area contributed by atoms with Crippen LogP contribution in [0.15, 0.2) is 41.8 Å². The lowest BCUT2D eigenvalue weighted by atomic mass is 10.1. The summed E-state index contributed by atoms with van der Waals surface area (Å²) >= 11 is 0. The third-order valence-corrected chi connectivity index (χ3v) is 4.46. The summed E-state index contributed by atoms with van der Waals surface area (Å²) in [5.74, 6) is 1.26. The highest BCUT2D eigenvalue weighted by molar-refractivity contribution is 5.96. The molecular weight excluding hydrogens is 354 g/mol. The van der Waals surface area contributed by atoms with Crippen LogP contribution in [0.2, 0.25) is 0 Å². The average molecular weight is 377 g/mol. The number of aromatic nitrogens is 3. The topological polar surface area (TPSA) is 81.5 Å². The van der Waals surface area contributed by atoms with Gasteiger partial charge in [0.25, 0.3) is 0 Å². The largest absolute Gasteiger partial charge is 0.470 e. The van der Waals surface area contributed by atoms with Crippen molar-refractivity contribution in [1.82, 2.24) is 15.0 Å². The van der Waals surface area contributed by atoms with Gasteiger partial charge in [0.15, 0.2) is 0 Å². The van der Waals surface area contributed by atoms with E-state index in [4.69, 9.17) is 9.47 Å². The van der Waals surface area contributed by atoms with Crippen molar-refractivity contribution in [3.05, 3.63) is 42.4 Å². The summed E-state index contributed by atoms with van der Waals surface area (Å²) in [6.07, 6.45) is 4.16. The van der Waals surface area contributed by atoms with Crippen LogP contribution >= 0.6 is 0 Å². The van der Waals surface area contributed by atoms with E-state index in [1.807, 2.05) is 45.0 Å². The molecule has 4 rings (SSSR count). The molecule has 0 bridgehead atoms. The highest BCUT2D eigenvalue weighted by atomic mass is 16.5. The van der Waals surface area contributed by atoms with E-state index in [1.54, 1.807) is 12.5 Å². The van der Waals surface area contributed by atoms with Crippen molar-refractivity contribution < 1.29 is 9.47 Å². The zero-order valence-corrected chi connectivity index (χ0v) is 16.3. The van der Waals surface area contributed by atoms with Gasteiger partial charge in [-0.2, -0.15) is 0 Å². The van der Waals surface area contributed by atoms with Gasteiger partial charge in [0.2, 0.25) is 5.88 Å². The van der Waals surface area contributed by atoms with E-state index < -0.39 is 0 Å². The van der Waals surface area contributed by atoms with Gasteiger partial charge in [-0.3, -0.25) is 4.99 Å². The predicted octanol–water partition coefficient (Wildman–Crippen LogP) is 4.36. The number of pyridine rings is 1. The molecule has 1 aromatic carbocycles. The Balaban J connectivity index is 1.70. The molecule has 1 saturated heterocycles. The average Bonchev–Trinajstić information content (AvgIpc) is 3.16. The number of nitrogens with one attached hydrogen (secondary N) is 1. The molecule has 1 N–H and O–H groups in total. The number of hydrogen-bond donors (Lipinski definition) is 1. The molecule has 0 amide bonds. The van der Waals surface area contributed by atoms with E-state index >= 15 is 0 Å². The van der Waals surface area contributed by atoms with Crippen LogP contribution in [0.5, 0.6) is 5.88 Å². The summed E-state index contributed by atoms with van der Waals surface area (Å²) in [4.78, 5) is 17.8. The van der Waals surface area contributed by atoms with Gasteiger partial charge in [-0.05, 0) is 50.6 Å². The van der Waals surface area contributed by atoms with Crippen molar-refractivity contribution in [2.75, 3.05) is 18.5 Å². The molecule has 1 fully saturated rings. The minimum absolute atomic E-state index is 0.0250. The van der Waals surface area contributed by atoms with Crippen molar-refractivity contribution in [2.24, 2.45) is 4.99 Å². The first-order valence-electron chi connectivity index (χ1n) is 9.34. The van der Waals surface area contributed by atoms with Gasteiger partial charge in [0.05, 0.1) is 24.4 Å². The second-order valence-electron chi connectivity index (χ2n) is 7.02. The molecule has 0 unspecified atom stereocenters. The van der Waals surface area contributed by atoms with Crippen LogP contribution in [0.1, 0.15) is 25.8 Å². The number of rotatable bonds is 5. The first-order valence-corrected chi connectivity index (χ1v) is 9.34. The highest BCUT2D eigenvalue weighted by Gasteiger charge is 2.20. The maximum Gasteiger partial charge on any atom is 0.238 e. The molecule has 0 aliphatic carbocycles. The zero-order valence-electron chi connectivity index (χ0n) is 16.3. The van der Waals surface area contributed by atoms with Crippen molar-refractivity contribution in [3.63, 3.8) is 0 Å². The molecule has 0 spiro atoms. The Labute approximate surface area is 163 Å². The number of hydrogen-bond acceptors (Lipinski definition) is 7. The van der Waals surface area contributed by atoms with E-state index in [1.165, 1.54) is 0 Å². The van der Waals surface area contributed by atoms with Crippen LogP contribution in [0, 0.1) is 6.92 Å². The molecule has 1 aliphatic heterocycles.